The molecule has 0 aliphatic carbocycles. The first kappa shape index (κ1) is 12.3. The number of carbonyl (C=O) groups is 2. The van der Waals surface area contributed by atoms with Gasteiger partial charge >= 0.3 is 0 Å². The molecule has 6 nitrogen and oxygen atoms in total. The van der Waals surface area contributed by atoms with Crippen LogP contribution in [0.3, 0.4) is 0 Å². The predicted molar refractivity (Wildman–Crippen MR) is 67.3 cm³/mol. The van der Waals surface area contributed by atoms with Crippen LogP contribution in [0.1, 0.15) is 23.2 Å². The van der Waals surface area contributed by atoms with E-state index >= 15 is 0 Å². The number of hydrogen-bond donors (Lipinski definition) is 3. The molecule has 1 aliphatic heterocycles. The normalized spacial score (nSPS) is 18.9. The Morgan fingerprint density at radius 1 is 1.56 bits per heavy atom. The molecule has 0 saturated carbocycles. The van der Waals surface area contributed by atoms with Gasteiger partial charge in [-0.15, -0.1) is 0 Å². The fraction of sp³-hybridized carbons (Fsp3) is 0.417. The lowest BCUT2D eigenvalue weighted by molar-refractivity contribution is -0.122. The van der Waals surface area contributed by atoms with Crippen LogP contribution in [-0.2, 0) is 4.79 Å². The molecule has 2 rings (SSSR count). The number of anilines is 1. The van der Waals surface area contributed by atoms with Crippen molar-refractivity contribution < 1.29 is 9.59 Å². The first-order valence-corrected chi connectivity index (χ1v) is 5.90. The maximum absolute atomic E-state index is 12.1. The van der Waals surface area contributed by atoms with Gasteiger partial charge in [0, 0.05) is 32.3 Å². The van der Waals surface area contributed by atoms with E-state index in [1.165, 1.54) is 0 Å². The van der Waals surface area contributed by atoms with E-state index in [0.717, 1.165) is 0 Å². The summed E-state index contributed by atoms with van der Waals surface area (Å²) in [5.41, 5.74) is 1.25. The second-order valence-corrected chi connectivity index (χ2v) is 4.18. The largest absolute Gasteiger partial charge is 0.386 e. The average Bonchev–Trinajstić information content (AvgIpc) is 2.41. The van der Waals surface area contributed by atoms with Crippen LogP contribution in [0.15, 0.2) is 18.5 Å². The third kappa shape index (κ3) is 2.77. The number of aromatic nitrogens is 1. The third-order valence-electron chi connectivity index (χ3n) is 2.94. The summed E-state index contributed by atoms with van der Waals surface area (Å²) in [5.74, 6) is -0.108. The van der Waals surface area contributed by atoms with Crippen molar-refractivity contribution in [3.05, 3.63) is 24.0 Å². The van der Waals surface area contributed by atoms with Gasteiger partial charge in [-0.3, -0.25) is 14.6 Å². The molecule has 1 aromatic heterocycles. The van der Waals surface area contributed by atoms with E-state index in [1.807, 2.05) is 0 Å². The van der Waals surface area contributed by atoms with Crippen molar-refractivity contribution in [2.45, 2.75) is 18.9 Å². The molecule has 0 radical (unpaired) electrons. The van der Waals surface area contributed by atoms with Gasteiger partial charge in [0.25, 0.3) is 5.91 Å². The van der Waals surface area contributed by atoms with Crippen LogP contribution in [0.25, 0.3) is 0 Å². The lowest BCUT2D eigenvalue weighted by atomic mass is 10.1. The summed E-state index contributed by atoms with van der Waals surface area (Å²) in [5, 5.41) is 8.57. The zero-order valence-electron chi connectivity index (χ0n) is 10.2. The molecule has 96 valence electrons. The Morgan fingerprint density at radius 3 is 3.06 bits per heavy atom. The van der Waals surface area contributed by atoms with Gasteiger partial charge in [-0.1, -0.05) is 0 Å². The van der Waals surface area contributed by atoms with Crippen LogP contribution >= 0.6 is 0 Å². The molecule has 0 aromatic carbocycles. The highest BCUT2D eigenvalue weighted by molar-refractivity contribution is 5.99. The Balaban J connectivity index is 2.01. The lowest BCUT2D eigenvalue weighted by Crippen LogP contribution is -2.47. The fourth-order valence-electron chi connectivity index (χ4n) is 1.91. The maximum atomic E-state index is 12.1. The van der Waals surface area contributed by atoms with Gasteiger partial charge in [-0.2, -0.15) is 0 Å². The zero-order chi connectivity index (χ0) is 13.0. The summed E-state index contributed by atoms with van der Waals surface area (Å²) in [6.07, 6.45) is 4.33. The summed E-state index contributed by atoms with van der Waals surface area (Å²) in [6.45, 7) is 0.491. The highest BCUT2D eigenvalue weighted by atomic mass is 16.2. The Labute approximate surface area is 105 Å². The van der Waals surface area contributed by atoms with Crippen LogP contribution in [0, 0.1) is 0 Å². The summed E-state index contributed by atoms with van der Waals surface area (Å²) in [7, 11) is 1.74. The van der Waals surface area contributed by atoms with Crippen molar-refractivity contribution in [1.82, 2.24) is 15.6 Å². The Bertz CT molecular complexity index is 451. The van der Waals surface area contributed by atoms with Gasteiger partial charge in [0.15, 0.2) is 0 Å². The molecule has 6 heteroatoms. The monoisotopic (exact) mass is 248 g/mol. The first-order valence-electron chi connectivity index (χ1n) is 5.90. The van der Waals surface area contributed by atoms with Crippen LogP contribution in [0.4, 0.5) is 5.69 Å². The highest BCUT2D eigenvalue weighted by Crippen LogP contribution is 2.13. The average molecular weight is 248 g/mol. The van der Waals surface area contributed by atoms with Gasteiger partial charge in [0.2, 0.25) is 5.91 Å². The van der Waals surface area contributed by atoms with Crippen LogP contribution in [0.5, 0.6) is 0 Å². The number of pyridine rings is 1. The van der Waals surface area contributed by atoms with E-state index in [2.05, 4.69) is 20.9 Å². The van der Waals surface area contributed by atoms with Crippen molar-refractivity contribution in [3.63, 3.8) is 0 Å². The molecule has 1 saturated heterocycles. The first-order chi connectivity index (χ1) is 8.70. The van der Waals surface area contributed by atoms with Gasteiger partial charge < -0.3 is 16.0 Å². The number of piperidine rings is 1. The van der Waals surface area contributed by atoms with E-state index in [-0.39, 0.29) is 17.9 Å². The van der Waals surface area contributed by atoms with Crippen LogP contribution in [-0.4, -0.2) is 36.4 Å². The Hall–Kier alpha value is -2.11. The van der Waals surface area contributed by atoms with Crippen molar-refractivity contribution in [3.8, 4) is 0 Å². The van der Waals surface area contributed by atoms with E-state index in [4.69, 9.17) is 0 Å². The molecule has 0 spiro atoms. The van der Waals surface area contributed by atoms with Crippen LogP contribution in [0.2, 0.25) is 0 Å². The molecule has 1 fully saturated rings. The van der Waals surface area contributed by atoms with Gasteiger partial charge in [-0.05, 0) is 12.5 Å². The molecule has 3 N–H and O–H groups in total. The smallest absolute Gasteiger partial charge is 0.253 e. The van der Waals surface area contributed by atoms with Crippen molar-refractivity contribution in [1.29, 1.82) is 0 Å². The third-order valence-corrected chi connectivity index (χ3v) is 2.94. The molecule has 18 heavy (non-hydrogen) atoms. The summed E-state index contributed by atoms with van der Waals surface area (Å²) in [6, 6.07) is 1.66. The van der Waals surface area contributed by atoms with E-state index in [0.29, 0.717) is 30.6 Å². The quantitative estimate of drug-likeness (QED) is 0.710. The Morgan fingerprint density at radius 2 is 2.39 bits per heavy atom. The molecule has 1 unspecified atom stereocenters. The topological polar surface area (TPSA) is 83.1 Å². The number of hydrogen-bond acceptors (Lipinski definition) is 4. The molecular weight excluding hydrogens is 232 g/mol. The van der Waals surface area contributed by atoms with E-state index < -0.39 is 0 Å². The van der Waals surface area contributed by atoms with Crippen molar-refractivity contribution in [2.75, 3.05) is 18.9 Å². The number of nitrogens with zero attached hydrogens (tertiary/aromatic N) is 1. The second kappa shape index (κ2) is 5.48. The number of rotatable bonds is 3. The number of nitrogens with one attached hydrogen (secondary N) is 3. The molecule has 1 atom stereocenters. The van der Waals surface area contributed by atoms with Crippen molar-refractivity contribution in [2.24, 2.45) is 0 Å². The SMILES string of the molecule is CNc1cnccc1C(=O)NC1CCC(=O)NC1. The predicted octanol–water partition coefficient (Wildman–Crippen LogP) is 0.132. The minimum Gasteiger partial charge on any atom is -0.386 e. The van der Waals surface area contributed by atoms with Crippen molar-refractivity contribution >= 4 is 17.5 Å². The highest BCUT2D eigenvalue weighted by Gasteiger charge is 2.21. The molecule has 0 bridgehead atoms. The van der Waals surface area contributed by atoms with Gasteiger partial charge in [0.05, 0.1) is 17.4 Å². The second-order valence-electron chi connectivity index (χ2n) is 4.18. The van der Waals surface area contributed by atoms with Gasteiger partial charge in [-0.25, -0.2) is 0 Å². The molecule has 1 aromatic rings. The lowest BCUT2D eigenvalue weighted by Gasteiger charge is -2.23. The van der Waals surface area contributed by atoms with Gasteiger partial charge in [0.1, 0.15) is 0 Å². The van der Waals surface area contributed by atoms with E-state index in [9.17, 15) is 9.59 Å². The van der Waals surface area contributed by atoms with E-state index in [1.54, 1.807) is 25.5 Å². The summed E-state index contributed by atoms with van der Waals surface area (Å²) < 4.78 is 0. The fourth-order valence-corrected chi connectivity index (χ4v) is 1.91. The summed E-state index contributed by atoms with van der Waals surface area (Å²) in [4.78, 5) is 27.1. The number of carbonyl (C=O) groups excluding carboxylic acids is 2. The standard InChI is InChI=1S/C12H16N4O2/c1-13-10-7-14-5-4-9(10)12(18)16-8-2-3-11(17)15-6-8/h4-5,7-8,13H,2-3,6H2,1H3,(H,15,17)(H,16,18). The Kier molecular flexibility index (Phi) is 3.76. The molecule has 1 aliphatic rings. The molecular formula is C12H16N4O2. The minimum absolute atomic E-state index is 0.00642. The number of amides is 2. The maximum Gasteiger partial charge on any atom is 0.253 e. The van der Waals surface area contributed by atoms with Crippen LogP contribution < -0.4 is 16.0 Å². The molecule has 2 amide bonds. The summed E-state index contributed by atoms with van der Waals surface area (Å²) >= 11 is 0. The zero-order valence-corrected chi connectivity index (χ0v) is 10.2. The molecule has 2 heterocycles. The minimum atomic E-state index is -0.150.